The number of halogens is 2. The molecule has 0 aromatic heterocycles. The lowest BCUT2D eigenvalue weighted by Crippen LogP contribution is -2.35. The molecule has 0 bridgehead atoms. The summed E-state index contributed by atoms with van der Waals surface area (Å²) in [5.41, 5.74) is 4.41. The lowest BCUT2D eigenvalue weighted by atomic mass is 10.2. The smallest absolute Gasteiger partial charge is 0.259 e. The number of nitrogens with one attached hydrogen (secondary N) is 2. The summed E-state index contributed by atoms with van der Waals surface area (Å²) in [6.07, 6.45) is 1.48. The van der Waals surface area contributed by atoms with Gasteiger partial charge in [-0.1, -0.05) is 70.0 Å². The van der Waals surface area contributed by atoms with E-state index in [-0.39, 0.29) is 6.54 Å². The van der Waals surface area contributed by atoms with E-state index in [1.807, 2.05) is 48.5 Å². The first-order valence-electron chi connectivity index (χ1n) is 9.34. The first-order valence-corrected chi connectivity index (χ1v) is 10.5. The molecule has 158 valence electrons. The number of hydrogen-bond acceptors (Lipinski definition) is 4. The summed E-state index contributed by atoms with van der Waals surface area (Å²) >= 11 is 9.40. The zero-order valence-electron chi connectivity index (χ0n) is 16.3. The third kappa shape index (κ3) is 6.94. The minimum atomic E-state index is -0.474. The third-order valence-corrected chi connectivity index (χ3v) is 4.95. The van der Waals surface area contributed by atoms with Gasteiger partial charge >= 0.3 is 0 Å². The largest absolute Gasteiger partial charge is 0.488 e. The zero-order chi connectivity index (χ0) is 22.1. The van der Waals surface area contributed by atoms with Crippen molar-refractivity contribution in [3.8, 4) is 5.75 Å². The van der Waals surface area contributed by atoms with Gasteiger partial charge in [0.05, 0.1) is 23.3 Å². The van der Waals surface area contributed by atoms with Crippen molar-refractivity contribution in [3.05, 3.63) is 99.0 Å². The first kappa shape index (κ1) is 22.5. The average molecular weight is 501 g/mol. The summed E-state index contributed by atoms with van der Waals surface area (Å²) in [6.45, 7) is 0.168. The third-order valence-electron chi connectivity index (χ3n) is 4.13. The standard InChI is InChI=1S/C23H19BrClN3O3/c24-18-10-11-21(31-15-16-6-2-1-3-7-16)17(12-18)13-27-28-22(29)14-26-23(30)19-8-4-5-9-20(19)25/h1-13H,14-15H2,(H,26,30)(H,28,29)/b27-13+. The number of benzene rings is 3. The van der Waals surface area contributed by atoms with Gasteiger partial charge in [-0.05, 0) is 35.9 Å². The van der Waals surface area contributed by atoms with E-state index in [4.69, 9.17) is 16.3 Å². The van der Waals surface area contributed by atoms with Crippen LogP contribution in [-0.2, 0) is 11.4 Å². The van der Waals surface area contributed by atoms with E-state index in [1.165, 1.54) is 6.21 Å². The molecule has 3 aromatic carbocycles. The van der Waals surface area contributed by atoms with E-state index in [0.29, 0.717) is 28.5 Å². The SMILES string of the molecule is O=C(CNC(=O)c1ccccc1Cl)N/N=C/c1cc(Br)ccc1OCc1ccccc1. The molecule has 0 spiro atoms. The summed E-state index contributed by atoms with van der Waals surface area (Å²) in [5, 5.41) is 6.79. The normalized spacial score (nSPS) is 10.6. The van der Waals surface area contributed by atoms with Crippen LogP contribution < -0.4 is 15.5 Å². The van der Waals surface area contributed by atoms with E-state index >= 15 is 0 Å². The van der Waals surface area contributed by atoms with Gasteiger partial charge in [0.1, 0.15) is 12.4 Å². The minimum Gasteiger partial charge on any atom is -0.488 e. The summed E-state index contributed by atoms with van der Waals surface area (Å²) in [4.78, 5) is 24.1. The van der Waals surface area contributed by atoms with Crippen molar-refractivity contribution in [2.45, 2.75) is 6.61 Å². The summed E-state index contributed by atoms with van der Waals surface area (Å²) in [5.74, 6) is -0.288. The predicted octanol–water partition coefficient (Wildman–Crippen LogP) is 4.56. The van der Waals surface area contributed by atoms with E-state index in [9.17, 15) is 9.59 Å². The number of carbonyl (C=O) groups is 2. The highest BCUT2D eigenvalue weighted by Crippen LogP contribution is 2.23. The molecule has 2 N–H and O–H groups in total. The maximum Gasteiger partial charge on any atom is 0.259 e. The van der Waals surface area contributed by atoms with Gasteiger partial charge in [-0.2, -0.15) is 5.10 Å². The van der Waals surface area contributed by atoms with Gasteiger partial charge in [-0.15, -0.1) is 0 Å². The Bertz CT molecular complexity index is 1090. The fraction of sp³-hybridized carbons (Fsp3) is 0.0870. The molecule has 6 nitrogen and oxygen atoms in total. The lowest BCUT2D eigenvalue weighted by Gasteiger charge is -2.10. The second-order valence-electron chi connectivity index (χ2n) is 6.41. The lowest BCUT2D eigenvalue weighted by molar-refractivity contribution is -0.120. The summed E-state index contributed by atoms with van der Waals surface area (Å²) < 4.78 is 6.73. The number of rotatable bonds is 8. The number of ether oxygens (including phenoxy) is 1. The van der Waals surface area contributed by atoms with Gasteiger partial charge in [0.2, 0.25) is 0 Å². The first-order chi connectivity index (χ1) is 15.0. The van der Waals surface area contributed by atoms with Crippen LogP contribution in [0.3, 0.4) is 0 Å². The molecule has 0 radical (unpaired) electrons. The van der Waals surface area contributed by atoms with Crippen LogP contribution in [0.4, 0.5) is 0 Å². The fourth-order valence-electron chi connectivity index (χ4n) is 2.60. The van der Waals surface area contributed by atoms with Crippen molar-refractivity contribution in [1.82, 2.24) is 10.7 Å². The molecule has 0 fully saturated rings. The highest BCUT2D eigenvalue weighted by Gasteiger charge is 2.10. The summed E-state index contributed by atoms with van der Waals surface area (Å²) in [6, 6.07) is 21.9. The predicted molar refractivity (Wildman–Crippen MR) is 124 cm³/mol. The Morgan fingerprint density at radius 3 is 2.55 bits per heavy atom. The van der Waals surface area contributed by atoms with Gasteiger partial charge in [0.15, 0.2) is 0 Å². The Morgan fingerprint density at radius 1 is 1.03 bits per heavy atom. The van der Waals surface area contributed by atoms with Crippen molar-refractivity contribution in [2.24, 2.45) is 5.10 Å². The Balaban J connectivity index is 1.55. The summed E-state index contributed by atoms with van der Waals surface area (Å²) in [7, 11) is 0. The average Bonchev–Trinajstić information content (AvgIpc) is 2.78. The van der Waals surface area contributed by atoms with Gasteiger partial charge in [-0.3, -0.25) is 9.59 Å². The molecule has 3 aromatic rings. The highest BCUT2D eigenvalue weighted by atomic mass is 79.9. The Labute approximate surface area is 193 Å². The zero-order valence-corrected chi connectivity index (χ0v) is 18.7. The molecule has 0 aliphatic carbocycles. The fourth-order valence-corrected chi connectivity index (χ4v) is 3.20. The van der Waals surface area contributed by atoms with E-state index in [2.05, 4.69) is 31.8 Å². The second kappa shape index (κ2) is 11.3. The molecule has 0 aliphatic rings. The van der Waals surface area contributed by atoms with Crippen LogP contribution in [0.25, 0.3) is 0 Å². The monoisotopic (exact) mass is 499 g/mol. The van der Waals surface area contributed by atoms with Crippen LogP contribution in [0.2, 0.25) is 5.02 Å². The molecular formula is C23H19BrClN3O3. The molecule has 0 heterocycles. The van der Waals surface area contributed by atoms with Gasteiger partial charge in [-0.25, -0.2) is 5.43 Å². The van der Waals surface area contributed by atoms with Crippen molar-refractivity contribution < 1.29 is 14.3 Å². The van der Waals surface area contributed by atoms with Gasteiger partial charge in [0, 0.05) is 10.0 Å². The maximum atomic E-state index is 12.1. The Hall–Kier alpha value is -3.16. The molecule has 0 unspecified atom stereocenters. The molecule has 0 saturated heterocycles. The number of amides is 2. The van der Waals surface area contributed by atoms with E-state index in [0.717, 1.165) is 10.0 Å². The quantitative estimate of drug-likeness (QED) is 0.351. The number of hydrogen-bond donors (Lipinski definition) is 2. The van der Waals surface area contributed by atoms with Crippen molar-refractivity contribution in [2.75, 3.05) is 6.54 Å². The van der Waals surface area contributed by atoms with Crippen molar-refractivity contribution in [3.63, 3.8) is 0 Å². The van der Waals surface area contributed by atoms with Crippen LogP contribution in [0.1, 0.15) is 21.5 Å². The number of nitrogens with zero attached hydrogens (tertiary/aromatic N) is 1. The molecule has 2 amide bonds. The number of hydrazone groups is 1. The minimum absolute atomic E-state index is 0.239. The topological polar surface area (TPSA) is 79.8 Å². The molecule has 8 heteroatoms. The van der Waals surface area contributed by atoms with Crippen LogP contribution in [0, 0.1) is 0 Å². The van der Waals surface area contributed by atoms with E-state index < -0.39 is 11.8 Å². The highest BCUT2D eigenvalue weighted by molar-refractivity contribution is 9.10. The van der Waals surface area contributed by atoms with Crippen LogP contribution >= 0.6 is 27.5 Å². The molecule has 31 heavy (non-hydrogen) atoms. The van der Waals surface area contributed by atoms with Gasteiger partial charge in [0.25, 0.3) is 11.8 Å². The molecule has 0 aliphatic heterocycles. The molecule has 3 rings (SSSR count). The molecule has 0 atom stereocenters. The van der Waals surface area contributed by atoms with Crippen molar-refractivity contribution in [1.29, 1.82) is 0 Å². The van der Waals surface area contributed by atoms with Crippen LogP contribution in [-0.4, -0.2) is 24.6 Å². The van der Waals surface area contributed by atoms with Crippen LogP contribution in [0.5, 0.6) is 5.75 Å². The van der Waals surface area contributed by atoms with Crippen molar-refractivity contribution >= 4 is 45.6 Å². The van der Waals surface area contributed by atoms with Gasteiger partial charge < -0.3 is 10.1 Å². The molecular weight excluding hydrogens is 482 g/mol. The van der Waals surface area contributed by atoms with Crippen LogP contribution in [0.15, 0.2) is 82.4 Å². The second-order valence-corrected chi connectivity index (χ2v) is 7.73. The van der Waals surface area contributed by atoms with E-state index in [1.54, 1.807) is 24.3 Å². The maximum absolute atomic E-state index is 12.1. The Kier molecular flexibility index (Phi) is 8.20. The Morgan fingerprint density at radius 2 is 1.77 bits per heavy atom. The molecule has 0 saturated carbocycles. The number of carbonyl (C=O) groups excluding carboxylic acids is 2.